The Morgan fingerprint density at radius 1 is 1.39 bits per heavy atom. The van der Waals surface area contributed by atoms with E-state index in [1.807, 2.05) is 17.5 Å². The quantitative estimate of drug-likeness (QED) is 0.451. The molecular weight excluding hydrogens is 334 g/mol. The molecule has 0 saturated carbocycles. The molecule has 1 aromatic heterocycles. The van der Waals surface area contributed by atoms with Crippen LogP contribution in [0.3, 0.4) is 0 Å². The van der Waals surface area contributed by atoms with Gasteiger partial charge >= 0.3 is 0 Å². The monoisotopic (exact) mass is 345 g/mol. The fourth-order valence-corrected chi connectivity index (χ4v) is 3.46. The lowest BCUT2D eigenvalue weighted by molar-refractivity contribution is 0.557. The van der Waals surface area contributed by atoms with E-state index in [2.05, 4.69) is 27.4 Å². The van der Waals surface area contributed by atoms with Gasteiger partial charge in [-0.2, -0.15) is 0 Å². The number of nitrogen functional groups attached to an aromatic ring is 1. The topological polar surface area (TPSA) is 64.1 Å². The van der Waals surface area contributed by atoms with Gasteiger partial charge in [0.15, 0.2) is 0 Å². The summed E-state index contributed by atoms with van der Waals surface area (Å²) in [4.78, 5) is 1.24. The molecule has 0 amide bonds. The van der Waals surface area contributed by atoms with E-state index in [1.165, 1.54) is 4.88 Å². The summed E-state index contributed by atoms with van der Waals surface area (Å²) in [5, 5.41) is 2.68. The van der Waals surface area contributed by atoms with Gasteiger partial charge in [-0.15, -0.1) is 11.3 Å². The zero-order valence-corrected chi connectivity index (χ0v) is 12.6. The highest BCUT2D eigenvalue weighted by molar-refractivity contribution is 9.10. The van der Waals surface area contributed by atoms with Gasteiger partial charge in [0.05, 0.1) is 6.04 Å². The molecule has 1 aromatic carbocycles. The predicted molar refractivity (Wildman–Crippen MR) is 81.7 cm³/mol. The van der Waals surface area contributed by atoms with Gasteiger partial charge in [-0.25, -0.2) is 0 Å². The van der Waals surface area contributed by atoms with Crippen LogP contribution in [0.15, 0.2) is 34.1 Å². The molecule has 18 heavy (non-hydrogen) atoms. The maximum Gasteiger partial charge on any atom is 0.0528 e. The standard InChI is InChI=1S/C12H13BrClN3S/c13-7-3-9(18-6-7)5-12(17-16)10-2-1-8(14)4-11(10)15/h1-4,6,12,17H,5,15-16H2. The van der Waals surface area contributed by atoms with Crippen LogP contribution in [0.25, 0.3) is 0 Å². The number of halogens is 2. The maximum atomic E-state index is 5.97. The third kappa shape index (κ3) is 3.24. The van der Waals surface area contributed by atoms with Crippen LogP contribution in [0.2, 0.25) is 5.02 Å². The second-order valence-electron chi connectivity index (χ2n) is 3.93. The highest BCUT2D eigenvalue weighted by Gasteiger charge is 2.14. The Hall–Kier alpha value is -0.590. The van der Waals surface area contributed by atoms with E-state index in [1.54, 1.807) is 17.4 Å². The van der Waals surface area contributed by atoms with Crippen molar-refractivity contribution in [2.45, 2.75) is 12.5 Å². The third-order valence-corrected chi connectivity index (χ3v) is 4.61. The second kappa shape index (κ2) is 6.04. The van der Waals surface area contributed by atoms with Gasteiger partial charge in [0.25, 0.3) is 0 Å². The Morgan fingerprint density at radius 2 is 2.17 bits per heavy atom. The first-order valence-corrected chi connectivity index (χ1v) is 7.39. The first-order valence-electron chi connectivity index (χ1n) is 5.34. The molecule has 0 aliphatic carbocycles. The second-order valence-corrected chi connectivity index (χ2v) is 6.28. The highest BCUT2D eigenvalue weighted by Crippen LogP contribution is 2.29. The zero-order valence-electron chi connectivity index (χ0n) is 9.49. The Morgan fingerprint density at radius 3 is 2.72 bits per heavy atom. The Labute approximate surface area is 123 Å². The summed E-state index contributed by atoms with van der Waals surface area (Å²) in [5.41, 5.74) is 10.4. The van der Waals surface area contributed by atoms with Crippen molar-refractivity contribution < 1.29 is 0 Å². The molecule has 2 aromatic rings. The van der Waals surface area contributed by atoms with Crippen molar-refractivity contribution in [2.75, 3.05) is 5.73 Å². The molecule has 6 heteroatoms. The molecule has 0 saturated heterocycles. The van der Waals surface area contributed by atoms with Gasteiger partial charge in [-0.05, 0) is 39.7 Å². The summed E-state index contributed by atoms with van der Waals surface area (Å²) in [6.07, 6.45) is 0.790. The number of anilines is 1. The molecule has 0 aliphatic rings. The molecule has 0 bridgehead atoms. The molecule has 3 nitrogen and oxygen atoms in total. The molecule has 96 valence electrons. The van der Waals surface area contributed by atoms with E-state index in [9.17, 15) is 0 Å². The molecule has 0 radical (unpaired) electrons. The lowest BCUT2D eigenvalue weighted by Crippen LogP contribution is -2.30. The number of nitrogens with one attached hydrogen (secondary N) is 1. The summed E-state index contributed by atoms with van der Waals surface area (Å²) in [6.45, 7) is 0. The molecule has 0 spiro atoms. The van der Waals surface area contributed by atoms with E-state index in [4.69, 9.17) is 23.2 Å². The van der Waals surface area contributed by atoms with Gasteiger partial charge in [0.2, 0.25) is 0 Å². The van der Waals surface area contributed by atoms with Crippen LogP contribution >= 0.6 is 38.9 Å². The smallest absolute Gasteiger partial charge is 0.0528 e. The minimum atomic E-state index is -0.0205. The number of hydrogen-bond donors (Lipinski definition) is 3. The molecule has 1 atom stereocenters. The van der Waals surface area contributed by atoms with Crippen LogP contribution in [-0.2, 0) is 6.42 Å². The van der Waals surface area contributed by atoms with Crippen LogP contribution in [-0.4, -0.2) is 0 Å². The van der Waals surface area contributed by atoms with Crippen molar-refractivity contribution in [1.82, 2.24) is 5.43 Å². The van der Waals surface area contributed by atoms with E-state index >= 15 is 0 Å². The van der Waals surface area contributed by atoms with Crippen molar-refractivity contribution in [1.29, 1.82) is 0 Å². The number of hydrogen-bond acceptors (Lipinski definition) is 4. The van der Waals surface area contributed by atoms with Crippen LogP contribution < -0.4 is 17.0 Å². The lowest BCUT2D eigenvalue weighted by Gasteiger charge is -2.17. The predicted octanol–water partition coefficient (Wildman–Crippen LogP) is 3.49. The van der Waals surface area contributed by atoms with Crippen molar-refractivity contribution in [2.24, 2.45) is 5.84 Å². The van der Waals surface area contributed by atoms with E-state index < -0.39 is 0 Å². The average molecular weight is 347 g/mol. The Bertz CT molecular complexity index is 544. The van der Waals surface area contributed by atoms with Gasteiger partial charge in [-0.1, -0.05) is 17.7 Å². The normalized spacial score (nSPS) is 12.6. The molecule has 1 heterocycles. The van der Waals surface area contributed by atoms with Crippen molar-refractivity contribution in [3.63, 3.8) is 0 Å². The SMILES string of the molecule is NNC(Cc1cc(Br)cs1)c1ccc(Cl)cc1N. The first-order chi connectivity index (χ1) is 8.60. The first kappa shape index (κ1) is 13.8. The number of rotatable bonds is 4. The minimum Gasteiger partial charge on any atom is -0.398 e. The van der Waals surface area contributed by atoms with E-state index in [-0.39, 0.29) is 6.04 Å². The molecule has 1 unspecified atom stereocenters. The summed E-state index contributed by atoms with van der Waals surface area (Å²) in [7, 11) is 0. The summed E-state index contributed by atoms with van der Waals surface area (Å²) in [6, 6.07) is 7.53. The number of hydrazine groups is 1. The van der Waals surface area contributed by atoms with Crippen molar-refractivity contribution in [3.8, 4) is 0 Å². The fourth-order valence-electron chi connectivity index (χ4n) is 1.78. The van der Waals surface area contributed by atoms with Gasteiger partial charge in [0.1, 0.15) is 0 Å². The number of thiophene rings is 1. The van der Waals surface area contributed by atoms with Crippen LogP contribution in [0.5, 0.6) is 0 Å². The molecule has 2 rings (SSSR count). The van der Waals surface area contributed by atoms with Gasteiger partial charge in [0, 0.05) is 31.9 Å². The maximum absolute atomic E-state index is 5.97. The third-order valence-electron chi connectivity index (χ3n) is 2.65. The fraction of sp³-hybridized carbons (Fsp3) is 0.167. The average Bonchev–Trinajstić information content (AvgIpc) is 2.72. The molecular formula is C12H13BrClN3S. The van der Waals surface area contributed by atoms with Crippen molar-refractivity contribution >= 4 is 44.6 Å². The summed E-state index contributed by atoms with van der Waals surface area (Å²) in [5.74, 6) is 5.62. The van der Waals surface area contributed by atoms with Crippen LogP contribution in [0.1, 0.15) is 16.5 Å². The number of nitrogens with two attached hydrogens (primary N) is 2. The largest absolute Gasteiger partial charge is 0.398 e. The van der Waals surface area contributed by atoms with Gasteiger partial charge in [-0.3, -0.25) is 11.3 Å². The van der Waals surface area contributed by atoms with Crippen LogP contribution in [0, 0.1) is 0 Å². The summed E-state index contributed by atoms with van der Waals surface area (Å²) < 4.78 is 1.09. The lowest BCUT2D eigenvalue weighted by atomic mass is 10.0. The van der Waals surface area contributed by atoms with Gasteiger partial charge < -0.3 is 5.73 Å². The molecule has 5 N–H and O–H groups in total. The Balaban J connectivity index is 2.22. The Kier molecular flexibility index (Phi) is 4.64. The number of benzene rings is 1. The zero-order chi connectivity index (χ0) is 13.1. The molecule has 0 aliphatic heterocycles. The minimum absolute atomic E-state index is 0.0205. The van der Waals surface area contributed by atoms with E-state index in [0.29, 0.717) is 10.7 Å². The highest BCUT2D eigenvalue weighted by atomic mass is 79.9. The van der Waals surface area contributed by atoms with Crippen LogP contribution in [0.4, 0.5) is 5.69 Å². The van der Waals surface area contributed by atoms with E-state index in [0.717, 1.165) is 16.5 Å². The molecule has 0 fully saturated rings. The summed E-state index contributed by atoms with van der Waals surface area (Å²) >= 11 is 11.0. The van der Waals surface area contributed by atoms with Crippen molar-refractivity contribution in [3.05, 3.63) is 49.6 Å².